The van der Waals surface area contributed by atoms with Gasteiger partial charge < -0.3 is 10.1 Å². The Kier molecular flexibility index (Phi) is 2.57. The molecule has 0 spiro atoms. The van der Waals surface area contributed by atoms with Gasteiger partial charge in [-0.15, -0.1) is 0 Å². The number of nitrogens with zero attached hydrogens (tertiary/aromatic N) is 1. The summed E-state index contributed by atoms with van der Waals surface area (Å²) in [6, 6.07) is 2.05. The maximum atomic E-state index is 5.38. The molecule has 1 N–H and O–H groups in total. The first-order valence-corrected chi connectivity index (χ1v) is 5.15. The topological polar surface area (TPSA) is 34.1 Å². The van der Waals surface area contributed by atoms with Gasteiger partial charge in [0.05, 0.1) is 7.11 Å². The number of anilines is 1. The zero-order valence-electron chi connectivity index (χ0n) is 8.76. The van der Waals surface area contributed by atoms with Crippen molar-refractivity contribution in [3.05, 3.63) is 17.3 Å². The first-order chi connectivity index (χ1) is 6.85. The smallest absolute Gasteiger partial charge is 0.133 e. The molecule has 14 heavy (non-hydrogen) atoms. The minimum Gasteiger partial charge on any atom is -0.496 e. The molecule has 0 amide bonds. The van der Waals surface area contributed by atoms with Crippen LogP contribution in [0.2, 0.25) is 0 Å². The molecule has 0 unspecified atom stereocenters. The van der Waals surface area contributed by atoms with Gasteiger partial charge in [-0.3, -0.25) is 0 Å². The lowest BCUT2D eigenvalue weighted by Crippen LogP contribution is -2.15. The zero-order chi connectivity index (χ0) is 9.97. The van der Waals surface area contributed by atoms with Crippen LogP contribution in [0.4, 0.5) is 5.82 Å². The number of pyridine rings is 1. The van der Waals surface area contributed by atoms with Crippen LogP contribution in [0.5, 0.6) is 5.75 Å². The van der Waals surface area contributed by atoms with Gasteiger partial charge >= 0.3 is 0 Å². The van der Waals surface area contributed by atoms with E-state index in [1.165, 1.54) is 5.56 Å². The van der Waals surface area contributed by atoms with Crippen LogP contribution >= 0.6 is 0 Å². The molecule has 1 aliphatic heterocycles. The van der Waals surface area contributed by atoms with Crippen molar-refractivity contribution in [1.29, 1.82) is 0 Å². The highest BCUT2D eigenvalue weighted by molar-refractivity contribution is 5.54. The molecular weight excluding hydrogens is 176 g/mol. The molecule has 0 bridgehead atoms. The normalized spacial score (nSPS) is 14.4. The fourth-order valence-electron chi connectivity index (χ4n) is 1.82. The van der Waals surface area contributed by atoms with Gasteiger partial charge in [-0.25, -0.2) is 4.98 Å². The lowest BCUT2D eigenvalue weighted by Gasteiger charge is -2.20. The Hall–Kier alpha value is -1.25. The number of aryl methyl sites for hydroxylation is 1. The van der Waals surface area contributed by atoms with Crippen molar-refractivity contribution in [3.8, 4) is 5.75 Å². The number of hydrogen-bond donors (Lipinski definition) is 1. The van der Waals surface area contributed by atoms with Crippen molar-refractivity contribution in [2.45, 2.75) is 26.2 Å². The molecule has 0 saturated heterocycles. The van der Waals surface area contributed by atoms with Gasteiger partial charge in [-0.1, -0.05) is 6.92 Å². The lowest BCUT2D eigenvalue weighted by molar-refractivity contribution is 0.407. The van der Waals surface area contributed by atoms with E-state index in [1.807, 2.05) is 6.07 Å². The van der Waals surface area contributed by atoms with Crippen LogP contribution in [-0.4, -0.2) is 18.6 Å². The lowest BCUT2D eigenvalue weighted by atomic mass is 10.1. The monoisotopic (exact) mass is 192 g/mol. The molecule has 0 atom stereocenters. The Balaban J connectivity index is 2.47. The average Bonchev–Trinajstić information content (AvgIpc) is 2.27. The molecule has 1 aliphatic rings. The second-order valence-corrected chi connectivity index (χ2v) is 3.53. The minimum absolute atomic E-state index is 0.950. The summed E-state index contributed by atoms with van der Waals surface area (Å²) in [5.41, 5.74) is 2.32. The molecule has 0 fully saturated rings. The third-order valence-corrected chi connectivity index (χ3v) is 2.61. The van der Waals surface area contributed by atoms with Crippen LogP contribution in [0, 0.1) is 0 Å². The fraction of sp³-hybridized carbons (Fsp3) is 0.545. The zero-order valence-corrected chi connectivity index (χ0v) is 8.76. The molecule has 3 heteroatoms. The predicted octanol–water partition coefficient (Wildman–Crippen LogP) is 2.01. The van der Waals surface area contributed by atoms with Crippen molar-refractivity contribution in [2.24, 2.45) is 0 Å². The summed E-state index contributed by atoms with van der Waals surface area (Å²) in [6.07, 6.45) is 3.18. The first kappa shape index (κ1) is 9.31. The highest BCUT2D eigenvalue weighted by Gasteiger charge is 2.15. The number of ether oxygens (including phenoxy) is 1. The third kappa shape index (κ3) is 1.54. The molecule has 76 valence electrons. The minimum atomic E-state index is 0.950. The van der Waals surface area contributed by atoms with E-state index in [0.29, 0.717) is 0 Å². The number of fused-ring (bicyclic) bond motifs is 1. The standard InChI is InChI=1S/C11H16N2O/c1-3-8-7-10(14-2)9-5-4-6-12-11(9)13-8/h7H,3-6H2,1-2H3,(H,12,13). The molecule has 3 nitrogen and oxygen atoms in total. The van der Waals surface area contributed by atoms with Gasteiger partial charge in [0.25, 0.3) is 0 Å². The molecule has 0 radical (unpaired) electrons. The third-order valence-electron chi connectivity index (χ3n) is 2.61. The summed E-state index contributed by atoms with van der Waals surface area (Å²) in [6.45, 7) is 3.13. The van der Waals surface area contributed by atoms with Crippen molar-refractivity contribution < 1.29 is 4.74 Å². The number of aromatic nitrogens is 1. The van der Waals surface area contributed by atoms with E-state index in [1.54, 1.807) is 7.11 Å². The molecule has 2 rings (SSSR count). The predicted molar refractivity (Wildman–Crippen MR) is 57.0 cm³/mol. The molecule has 0 aliphatic carbocycles. The van der Waals surface area contributed by atoms with Crippen molar-refractivity contribution in [2.75, 3.05) is 19.0 Å². The van der Waals surface area contributed by atoms with E-state index in [-0.39, 0.29) is 0 Å². The maximum Gasteiger partial charge on any atom is 0.133 e. The van der Waals surface area contributed by atoms with E-state index in [9.17, 15) is 0 Å². The van der Waals surface area contributed by atoms with Gasteiger partial charge in [0.15, 0.2) is 0 Å². The number of methoxy groups -OCH3 is 1. The Morgan fingerprint density at radius 3 is 3.14 bits per heavy atom. The van der Waals surface area contributed by atoms with Crippen LogP contribution in [0.25, 0.3) is 0 Å². The van der Waals surface area contributed by atoms with Crippen molar-refractivity contribution >= 4 is 5.82 Å². The number of hydrogen-bond acceptors (Lipinski definition) is 3. The van der Waals surface area contributed by atoms with E-state index in [0.717, 1.165) is 43.1 Å². The number of nitrogens with one attached hydrogen (secondary N) is 1. The molecule has 1 aromatic rings. The molecular formula is C11H16N2O. The van der Waals surface area contributed by atoms with Gasteiger partial charge in [-0.05, 0) is 19.3 Å². The van der Waals surface area contributed by atoms with Crippen molar-refractivity contribution in [3.63, 3.8) is 0 Å². The summed E-state index contributed by atoms with van der Waals surface area (Å²) < 4.78 is 5.38. The van der Waals surface area contributed by atoms with Gasteiger partial charge in [-0.2, -0.15) is 0 Å². The molecule has 2 heterocycles. The first-order valence-electron chi connectivity index (χ1n) is 5.15. The number of rotatable bonds is 2. The average molecular weight is 192 g/mol. The summed E-state index contributed by atoms with van der Waals surface area (Å²) in [7, 11) is 1.73. The van der Waals surface area contributed by atoms with Gasteiger partial charge in [0, 0.05) is 23.9 Å². The summed E-state index contributed by atoms with van der Waals surface area (Å²) in [5.74, 6) is 2.01. The van der Waals surface area contributed by atoms with E-state index in [4.69, 9.17) is 4.74 Å². The highest BCUT2D eigenvalue weighted by Crippen LogP contribution is 2.29. The second-order valence-electron chi connectivity index (χ2n) is 3.53. The summed E-state index contributed by atoms with van der Waals surface area (Å²) >= 11 is 0. The van der Waals surface area contributed by atoms with Crippen molar-refractivity contribution in [1.82, 2.24) is 4.98 Å². The Labute approximate surface area is 84.5 Å². The van der Waals surface area contributed by atoms with Crippen LogP contribution in [0.1, 0.15) is 24.6 Å². The van der Waals surface area contributed by atoms with Crippen LogP contribution in [-0.2, 0) is 12.8 Å². The van der Waals surface area contributed by atoms with E-state index < -0.39 is 0 Å². The molecule has 0 saturated carbocycles. The van der Waals surface area contributed by atoms with E-state index in [2.05, 4.69) is 17.2 Å². The van der Waals surface area contributed by atoms with Gasteiger partial charge in [0.2, 0.25) is 0 Å². The SMILES string of the molecule is CCc1cc(OC)c2c(n1)NCCC2. The quantitative estimate of drug-likeness (QED) is 0.778. The Bertz CT molecular complexity index is 319. The van der Waals surface area contributed by atoms with Gasteiger partial charge in [0.1, 0.15) is 11.6 Å². The molecule has 0 aromatic carbocycles. The summed E-state index contributed by atoms with van der Waals surface area (Å²) in [4.78, 5) is 4.55. The van der Waals surface area contributed by atoms with E-state index >= 15 is 0 Å². The van der Waals surface area contributed by atoms with Crippen LogP contribution in [0.3, 0.4) is 0 Å². The van der Waals surface area contributed by atoms with Crippen LogP contribution in [0.15, 0.2) is 6.07 Å². The van der Waals surface area contributed by atoms with Crippen LogP contribution < -0.4 is 10.1 Å². The summed E-state index contributed by atoms with van der Waals surface area (Å²) in [5, 5.41) is 3.32. The Morgan fingerprint density at radius 1 is 1.57 bits per heavy atom. The Morgan fingerprint density at radius 2 is 2.43 bits per heavy atom. The fourth-order valence-corrected chi connectivity index (χ4v) is 1.82. The maximum absolute atomic E-state index is 5.38. The largest absolute Gasteiger partial charge is 0.496 e. The molecule has 1 aromatic heterocycles. The second kappa shape index (κ2) is 3.86. The highest BCUT2D eigenvalue weighted by atomic mass is 16.5.